The fourth-order valence-electron chi connectivity index (χ4n) is 1.65. The van der Waals surface area contributed by atoms with E-state index >= 15 is 0 Å². The molecule has 0 aromatic heterocycles. The van der Waals surface area contributed by atoms with Crippen molar-refractivity contribution in [1.29, 1.82) is 0 Å². The topological polar surface area (TPSA) is 64.7 Å². The normalized spacial score (nSPS) is 27.2. The van der Waals surface area contributed by atoms with Crippen molar-refractivity contribution in [2.24, 2.45) is 16.6 Å². The van der Waals surface area contributed by atoms with Crippen LogP contribution in [0, 0.1) is 5.92 Å². The summed E-state index contributed by atoms with van der Waals surface area (Å²) in [5, 5.41) is 0. The zero-order chi connectivity index (χ0) is 11.5. The van der Waals surface area contributed by atoms with Crippen LogP contribution in [-0.4, -0.2) is 24.0 Å². The number of ether oxygens (including phenoxy) is 1. The first-order chi connectivity index (χ1) is 6.88. The third kappa shape index (κ3) is 4.42. The number of nitrogens with zero attached hydrogens (tertiary/aromatic N) is 1. The number of carbonyl (C=O) groups excluding carboxylic acids is 1. The summed E-state index contributed by atoms with van der Waals surface area (Å²) in [6, 6.07) is 0.149. The van der Waals surface area contributed by atoms with Crippen LogP contribution in [0.4, 0.5) is 4.79 Å². The third-order valence-corrected chi connectivity index (χ3v) is 2.39. The lowest BCUT2D eigenvalue weighted by molar-refractivity contribution is 0.0604. The molecule has 1 rings (SSSR count). The van der Waals surface area contributed by atoms with Gasteiger partial charge in [0.2, 0.25) is 0 Å². The Labute approximate surface area is 90.9 Å². The fraction of sp³-hybridized carbons (Fsp3) is 0.818. The van der Waals surface area contributed by atoms with Gasteiger partial charge in [0.1, 0.15) is 5.60 Å². The molecule has 86 valence electrons. The summed E-state index contributed by atoms with van der Waals surface area (Å²) >= 11 is 0. The maximum absolute atomic E-state index is 11.3. The number of amides is 1. The van der Waals surface area contributed by atoms with E-state index in [0.717, 1.165) is 19.3 Å². The van der Waals surface area contributed by atoms with E-state index in [2.05, 4.69) is 4.99 Å². The number of hydrogen-bond acceptors (Lipinski definition) is 3. The number of nitrogens with two attached hydrogens (primary N) is 1. The van der Waals surface area contributed by atoms with Crippen LogP contribution < -0.4 is 5.73 Å². The van der Waals surface area contributed by atoms with Crippen LogP contribution >= 0.6 is 0 Å². The van der Waals surface area contributed by atoms with Crippen molar-refractivity contribution in [2.75, 3.05) is 0 Å². The lowest BCUT2D eigenvalue weighted by atomic mass is 10.1. The molecule has 0 radical (unpaired) electrons. The summed E-state index contributed by atoms with van der Waals surface area (Å²) in [7, 11) is 0. The standard InChI is InChI=1S/C11H20N2O2/c1-11(2,3)15-10(14)13-7-8-5-4-6-9(8)12/h7-9H,4-6,12H2,1-3H3/b13-7+/t8?,9-/m0/s1. The smallest absolute Gasteiger partial charge is 0.433 e. The van der Waals surface area contributed by atoms with Gasteiger partial charge in [-0.05, 0) is 33.6 Å². The van der Waals surface area contributed by atoms with E-state index in [0.29, 0.717) is 0 Å². The van der Waals surface area contributed by atoms with Gasteiger partial charge in [-0.1, -0.05) is 6.42 Å². The number of hydrogen-bond donors (Lipinski definition) is 1. The Morgan fingerprint density at radius 3 is 2.60 bits per heavy atom. The second kappa shape index (κ2) is 4.75. The quantitative estimate of drug-likeness (QED) is 0.677. The minimum atomic E-state index is -0.526. The maximum Gasteiger partial charge on any atom is 0.433 e. The Balaban J connectivity index is 2.40. The summed E-state index contributed by atoms with van der Waals surface area (Å²) in [4.78, 5) is 15.0. The van der Waals surface area contributed by atoms with Crippen LogP contribution in [0.25, 0.3) is 0 Å². The molecule has 0 aromatic rings. The van der Waals surface area contributed by atoms with Crippen molar-refractivity contribution < 1.29 is 9.53 Å². The van der Waals surface area contributed by atoms with Gasteiger partial charge in [-0.15, -0.1) is 0 Å². The fourth-order valence-corrected chi connectivity index (χ4v) is 1.65. The van der Waals surface area contributed by atoms with Crippen molar-refractivity contribution in [2.45, 2.75) is 51.7 Å². The van der Waals surface area contributed by atoms with Crippen molar-refractivity contribution in [1.82, 2.24) is 0 Å². The highest BCUT2D eigenvalue weighted by molar-refractivity contribution is 5.80. The molecule has 0 aliphatic heterocycles. The van der Waals surface area contributed by atoms with E-state index < -0.39 is 11.7 Å². The first-order valence-corrected chi connectivity index (χ1v) is 5.41. The van der Waals surface area contributed by atoms with Crippen LogP contribution in [0.5, 0.6) is 0 Å². The molecule has 0 bridgehead atoms. The lowest BCUT2D eigenvalue weighted by Crippen LogP contribution is -2.26. The van der Waals surface area contributed by atoms with E-state index in [1.54, 1.807) is 6.21 Å². The van der Waals surface area contributed by atoms with Crippen LogP contribution in [0.15, 0.2) is 4.99 Å². The van der Waals surface area contributed by atoms with E-state index in [-0.39, 0.29) is 12.0 Å². The molecule has 1 aliphatic carbocycles. The molecule has 1 aliphatic rings. The van der Waals surface area contributed by atoms with Crippen molar-refractivity contribution in [3.63, 3.8) is 0 Å². The molecular formula is C11H20N2O2. The first kappa shape index (κ1) is 12.2. The van der Waals surface area contributed by atoms with Crippen LogP contribution in [0.3, 0.4) is 0 Å². The molecule has 0 heterocycles. The van der Waals surface area contributed by atoms with Gasteiger partial charge >= 0.3 is 6.09 Å². The molecule has 4 nitrogen and oxygen atoms in total. The van der Waals surface area contributed by atoms with Gasteiger partial charge in [-0.2, -0.15) is 4.99 Å². The van der Waals surface area contributed by atoms with Crippen molar-refractivity contribution in [3.05, 3.63) is 0 Å². The summed E-state index contributed by atoms with van der Waals surface area (Å²) in [5.74, 6) is 0.234. The minimum Gasteiger partial charge on any atom is -0.442 e. The molecule has 1 amide bonds. The molecule has 0 saturated heterocycles. The lowest BCUT2D eigenvalue weighted by Gasteiger charge is -2.17. The second-order valence-corrected chi connectivity index (χ2v) is 5.02. The zero-order valence-corrected chi connectivity index (χ0v) is 9.69. The van der Waals surface area contributed by atoms with Crippen molar-refractivity contribution in [3.8, 4) is 0 Å². The Morgan fingerprint density at radius 1 is 1.47 bits per heavy atom. The second-order valence-electron chi connectivity index (χ2n) is 5.02. The highest BCUT2D eigenvalue weighted by atomic mass is 16.6. The maximum atomic E-state index is 11.3. The predicted molar refractivity (Wildman–Crippen MR) is 60.0 cm³/mol. The molecule has 2 atom stereocenters. The van der Waals surface area contributed by atoms with Gasteiger partial charge in [0.15, 0.2) is 0 Å². The van der Waals surface area contributed by atoms with Gasteiger partial charge in [0.25, 0.3) is 0 Å². The summed E-state index contributed by atoms with van der Waals surface area (Å²) in [5.41, 5.74) is 5.37. The van der Waals surface area contributed by atoms with E-state index in [1.807, 2.05) is 20.8 Å². The Bertz CT molecular complexity index is 256. The van der Waals surface area contributed by atoms with E-state index in [9.17, 15) is 4.79 Å². The van der Waals surface area contributed by atoms with Gasteiger partial charge in [-0.25, -0.2) is 4.79 Å². The van der Waals surface area contributed by atoms with Crippen LogP contribution in [0.2, 0.25) is 0 Å². The first-order valence-electron chi connectivity index (χ1n) is 5.41. The van der Waals surface area contributed by atoms with Crippen LogP contribution in [0.1, 0.15) is 40.0 Å². The SMILES string of the molecule is CC(C)(C)OC(=O)/N=C/C1CCC[C@@H]1N. The largest absolute Gasteiger partial charge is 0.442 e. The average molecular weight is 212 g/mol. The van der Waals surface area contributed by atoms with Gasteiger partial charge in [-0.3, -0.25) is 0 Å². The Morgan fingerprint density at radius 2 is 2.13 bits per heavy atom. The molecule has 1 fully saturated rings. The van der Waals surface area contributed by atoms with Gasteiger partial charge in [0, 0.05) is 18.2 Å². The highest BCUT2D eigenvalue weighted by Crippen LogP contribution is 2.22. The number of rotatable bonds is 1. The van der Waals surface area contributed by atoms with E-state index in [1.165, 1.54) is 0 Å². The minimum absolute atomic E-state index is 0.149. The van der Waals surface area contributed by atoms with Gasteiger partial charge < -0.3 is 10.5 Å². The summed E-state index contributed by atoms with van der Waals surface area (Å²) < 4.78 is 5.06. The molecule has 0 spiro atoms. The monoisotopic (exact) mass is 212 g/mol. The Kier molecular flexibility index (Phi) is 3.85. The summed E-state index contributed by atoms with van der Waals surface area (Å²) in [6.45, 7) is 5.46. The Hall–Kier alpha value is -0.900. The number of aliphatic imine (C=N–C) groups is 1. The molecular weight excluding hydrogens is 192 g/mol. The number of carbonyl (C=O) groups is 1. The molecule has 0 aromatic carbocycles. The molecule has 15 heavy (non-hydrogen) atoms. The zero-order valence-electron chi connectivity index (χ0n) is 9.69. The average Bonchev–Trinajstić information content (AvgIpc) is 2.44. The predicted octanol–water partition coefficient (Wildman–Crippen LogP) is 2.12. The van der Waals surface area contributed by atoms with E-state index in [4.69, 9.17) is 10.5 Å². The molecule has 1 saturated carbocycles. The molecule has 2 N–H and O–H groups in total. The molecule has 4 heteroatoms. The molecule has 1 unspecified atom stereocenters. The third-order valence-electron chi connectivity index (χ3n) is 2.39. The van der Waals surface area contributed by atoms with Gasteiger partial charge in [0.05, 0.1) is 0 Å². The van der Waals surface area contributed by atoms with Crippen LogP contribution in [-0.2, 0) is 4.74 Å². The summed E-state index contributed by atoms with van der Waals surface area (Å²) in [6.07, 6.45) is 4.28. The highest BCUT2D eigenvalue weighted by Gasteiger charge is 2.22. The van der Waals surface area contributed by atoms with Crippen molar-refractivity contribution >= 4 is 12.3 Å².